The summed E-state index contributed by atoms with van der Waals surface area (Å²) in [6, 6.07) is 53.0. The number of nitrogens with zero attached hydrogens (tertiary/aromatic N) is 2. The van der Waals surface area contributed by atoms with Gasteiger partial charge in [0.2, 0.25) is 0 Å². The molecule has 0 radical (unpaired) electrons. The summed E-state index contributed by atoms with van der Waals surface area (Å²) in [6.07, 6.45) is 0. The minimum Gasteiger partial charge on any atom is -0.342 e. The number of allylic oxidation sites excluding steroid dienone is 1. The molecule has 0 saturated carbocycles. The van der Waals surface area contributed by atoms with E-state index in [0.29, 0.717) is 6.54 Å². The maximum Gasteiger partial charge on any atom is 0.132 e. The van der Waals surface area contributed by atoms with Gasteiger partial charge in [-0.1, -0.05) is 133 Å². The van der Waals surface area contributed by atoms with Crippen molar-refractivity contribution in [2.75, 3.05) is 6.54 Å². The van der Waals surface area contributed by atoms with Crippen LogP contribution in [0, 0.1) is 0 Å². The molecule has 3 heteroatoms. The van der Waals surface area contributed by atoms with E-state index in [2.05, 4.69) is 155 Å². The van der Waals surface area contributed by atoms with Crippen LogP contribution in [0.2, 0.25) is 0 Å². The molecule has 0 amide bonds. The molecule has 206 valence electrons. The fraction of sp³-hybridized carbons (Fsp3) is 0.0488. The molecule has 7 aromatic rings. The van der Waals surface area contributed by atoms with Gasteiger partial charge in [-0.2, -0.15) is 0 Å². The Morgan fingerprint density at radius 3 is 2.09 bits per heavy atom. The zero-order chi connectivity index (χ0) is 28.8. The molecular weight excluding hydrogens is 534 g/mol. The minimum absolute atomic E-state index is 0.489. The number of fused-ring (bicyclic) bond motifs is 11. The van der Waals surface area contributed by atoms with Crippen molar-refractivity contribution in [3.05, 3.63) is 179 Å². The fourth-order valence-corrected chi connectivity index (χ4v) is 8.09. The van der Waals surface area contributed by atoms with Crippen molar-refractivity contribution in [3.8, 4) is 16.8 Å². The normalized spacial score (nSPS) is 17.8. The second-order valence-electron chi connectivity index (χ2n) is 12.0. The zero-order valence-electron chi connectivity index (χ0n) is 24.0. The molecule has 2 aliphatic heterocycles. The van der Waals surface area contributed by atoms with E-state index in [1.54, 1.807) is 0 Å². The summed E-state index contributed by atoms with van der Waals surface area (Å²) in [5, 5.41) is 6.54. The van der Waals surface area contributed by atoms with E-state index >= 15 is 0 Å². The van der Waals surface area contributed by atoms with Crippen molar-refractivity contribution in [2.24, 2.45) is 4.99 Å². The number of amidine groups is 1. The highest BCUT2D eigenvalue weighted by Gasteiger charge is 2.53. The number of nitrogens with one attached hydrogen (secondary N) is 1. The predicted molar refractivity (Wildman–Crippen MR) is 180 cm³/mol. The van der Waals surface area contributed by atoms with Gasteiger partial charge in [0.05, 0.1) is 28.7 Å². The quantitative estimate of drug-likeness (QED) is 0.224. The molecule has 1 atom stereocenters. The molecule has 0 bridgehead atoms. The van der Waals surface area contributed by atoms with E-state index in [1.165, 1.54) is 72.1 Å². The number of aliphatic imine (C=N–C) groups is 1. The number of hydrogen-bond donors (Lipinski definition) is 1. The van der Waals surface area contributed by atoms with Gasteiger partial charge in [-0.05, 0) is 45.5 Å². The Labute approximate surface area is 255 Å². The highest BCUT2D eigenvalue weighted by molar-refractivity contribution is 6.13. The molecule has 3 nitrogen and oxygen atoms in total. The maximum absolute atomic E-state index is 5.15. The van der Waals surface area contributed by atoms with Gasteiger partial charge < -0.3 is 9.88 Å². The van der Waals surface area contributed by atoms with Crippen LogP contribution in [0.1, 0.15) is 27.8 Å². The molecule has 0 fully saturated rings. The Morgan fingerprint density at radius 2 is 1.20 bits per heavy atom. The molecule has 1 N–H and O–H groups in total. The number of para-hydroxylation sites is 3. The molecule has 3 heterocycles. The highest BCUT2D eigenvalue weighted by Crippen LogP contribution is 2.59. The summed E-state index contributed by atoms with van der Waals surface area (Å²) in [6.45, 7) is 0.637. The minimum atomic E-state index is -0.489. The smallest absolute Gasteiger partial charge is 0.132 e. The molecule has 1 aliphatic carbocycles. The number of hydrogen-bond acceptors (Lipinski definition) is 2. The number of rotatable bonds is 2. The van der Waals surface area contributed by atoms with Gasteiger partial charge in [0, 0.05) is 27.6 Å². The fourth-order valence-electron chi connectivity index (χ4n) is 8.09. The van der Waals surface area contributed by atoms with E-state index in [9.17, 15) is 0 Å². The van der Waals surface area contributed by atoms with E-state index in [1.807, 2.05) is 0 Å². The molecule has 1 spiro atoms. The summed E-state index contributed by atoms with van der Waals surface area (Å²) >= 11 is 0. The van der Waals surface area contributed by atoms with E-state index in [0.717, 1.165) is 11.4 Å². The largest absolute Gasteiger partial charge is 0.342 e. The van der Waals surface area contributed by atoms with Crippen LogP contribution in [0.4, 0.5) is 0 Å². The van der Waals surface area contributed by atoms with Crippen LogP contribution in [0.3, 0.4) is 0 Å². The van der Waals surface area contributed by atoms with Crippen LogP contribution in [0.15, 0.2) is 156 Å². The molecule has 1 unspecified atom stereocenters. The molecule has 0 saturated heterocycles. The van der Waals surface area contributed by atoms with Crippen LogP contribution < -0.4 is 5.32 Å². The van der Waals surface area contributed by atoms with Crippen molar-refractivity contribution < 1.29 is 0 Å². The predicted octanol–water partition coefficient (Wildman–Crippen LogP) is 8.87. The molecule has 1 aromatic heterocycles. The summed E-state index contributed by atoms with van der Waals surface area (Å²) in [4.78, 5) is 5.15. The van der Waals surface area contributed by atoms with Gasteiger partial charge >= 0.3 is 0 Å². The van der Waals surface area contributed by atoms with Crippen LogP contribution >= 0.6 is 0 Å². The Hall–Kier alpha value is -5.67. The monoisotopic (exact) mass is 561 g/mol. The summed E-state index contributed by atoms with van der Waals surface area (Å²) in [5.74, 6) is 0.923. The third kappa shape index (κ3) is 2.93. The number of benzene rings is 6. The molecule has 3 aliphatic rings. The van der Waals surface area contributed by atoms with Crippen LogP contribution in [-0.4, -0.2) is 16.9 Å². The van der Waals surface area contributed by atoms with Crippen molar-refractivity contribution in [1.82, 2.24) is 9.88 Å². The van der Waals surface area contributed by atoms with Crippen LogP contribution in [0.5, 0.6) is 0 Å². The van der Waals surface area contributed by atoms with Gasteiger partial charge in [0.15, 0.2) is 0 Å². The lowest BCUT2D eigenvalue weighted by Crippen LogP contribution is -2.42. The Bertz CT molecular complexity index is 2370. The van der Waals surface area contributed by atoms with Gasteiger partial charge in [-0.3, -0.25) is 4.99 Å². The van der Waals surface area contributed by atoms with Gasteiger partial charge in [0.25, 0.3) is 0 Å². The summed E-state index contributed by atoms with van der Waals surface area (Å²) in [5.41, 5.74) is 14.5. The summed E-state index contributed by atoms with van der Waals surface area (Å²) in [7, 11) is 0. The second-order valence-corrected chi connectivity index (χ2v) is 12.0. The SMILES string of the molecule is c1ccc(-c2ccc(C3=NCC4=C(N3)C3(c5ccccc54)c4ccccc4-n4c5ccccc5c5cccc3c54)cc2)cc1. The van der Waals surface area contributed by atoms with E-state index < -0.39 is 5.41 Å². The first kappa shape index (κ1) is 23.8. The Morgan fingerprint density at radius 1 is 0.545 bits per heavy atom. The van der Waals surface area contributed by atoms with Gasteiger partial charge in [-0.15, -0.1) is 0 Å². The first-order valence-electron chi connectivity index (χ1n) is 15.3. The van der Waals surface area contributed by atoms with Crippen molar-refractivity contribution in [2.45, 2.75) is 5.41 Å². The second kappa shape index (κ2) is 8.68. The first-order chi connectivity index (χ1) is 21.8. The van der Waals surface area contributed by atoms with Gasteiger partial charge in [-0.25, -0.2) is 0 Å². The van der Waals surface area contributed by atoms with Crippen LogP contribution in [0.25, 0.3) is 44.2 Å². The van der Waals surface area contributed by atoms with Crippen molar-refractivity contribution in [3.63, 3.8) is 0 Å². The highest BCUT2D eigenvalue weighted by atomic mass is 15.1. The zero-order valence-corrected chi connectivity index (χ0v) is 24.0. The van der Waals surface area contributed by atoms with E-state index in [-0.39, 0.29) is 0 Å². The Kier molecular flexibility index (Phi) is 4.71. The lowest BCUT2D eigenvalue weighted by molar-refractivity contribution is 0.690. The first-order valence-corrected chi connectivity index (χ1v) is 15.3. The van der Waals surface area contributed by atoms with Gasteiger partial charge in [0.1, 0.15) is 5.84 Å². The summed E-state index contributed by atoms with van der Waals surface area (Å²) < 4.78 is 2.49. The molecular formula is C41H27N3. The third-order valence-electron chi connectivity index (χ3n) is 9.88. The average Bonchev–Trinajstić information content (AvgIpc) is 3.59. The lowest BCUT2D eigenvalue weighted by atomic mass is 9.66. The average molecular weight is 562 g/mol. The van der Waals surface area contributed by atoms with Crippen molar-refractivity contribution in [1.29, 1.82) is 0 Å². The van der Waals surface area contributed by atoms with Crippen molar-refractivity contribution >= 4 is 33.2 Å². The standard InChI is InChI=1S/C41H27N3/c1-2-11-26(12-3-1)27-21-23-28(24-22-27)40-42-25-32-29-13-4-6-16-33(29)41(39(32)43-40)34-17-7-9-20-37(34)44-36-19-8-5-14-30(36)31-15-10-18-35(41)38(31)44/h1-24H,25H2,(H,42,43). The Balaban J connectivity index is 1.22. The molecule has 10 rings (SSSR count). The van der Waals surface area contributed by atoms with Crippen LogP contribution in [-0.2, 0) is 5.41 Å². The molecule has 6 aromatic carbocycles. The lowest BCUT2D eigenvalue weighted by Gasteiger charge is -2.41. The van der Waals surface area contributed by atoms with E-state index in [4.69, 9.17) is 4.99 Å². The molecule has 44 heavy (non-hydrogen) atoms. The number of aromatic nitrogens is 1. The third-order valence-corrected chi connectivity index (χ3v) is 9.88. The topological polar surface area (TPSA) is 29.3 Å². The maximum atomic E-state index is 5.15.